The second-order valence-corrected chi connectivity index (χ2v) is 5.46. The summed E-state index contributed by atoms with van der Waals surface area (Å²) in [6.45, 7) is 8.24. The Labute approximate surface area is 108 Å². The average Bonchev–Trinajstić information content (AvgIpc) is 2.79. The van der Waals surface area contributed by atoms with Gasteiger partial charge in [0, 0.05) is 24.8 Å². The number of hydrogen-bond donors (Lipinski definition) is 2. The van der Waals surface area contributed by atoms with Gasteiger partial charge in [-0.1, -0.05) is 0 Å². The Balaban J connectivity index is 2.11. The van der Waals surface area contributed by atoms with Crippen LogP contribution >= 0.6 is 0 Å². The summed E-state index contributed by atoms with van der Waals surface area (Å²) in [5, 5.41) is 18.4. The van der Waals surface area contributed by atoms with Gasteiger partial charge in [0.15, 0.2) is 0 Å². The highest BCUT2D eigenvalue weighted by Crippen LogP contribution is 2.28. The van der Waals surface area contributed by atoms with Crippen molar-refractivity contribution in [1.29, 1.82) is 0 Å². The second kappa shape index (κ2) is 5.38. The Morgan fingerprint density at radius 3 is 3.06 bits per heavy atom. The predicted octanol–water partition coefficient (Wildman–Crippen LogP) is 1.05. The van der Waals surface area contributed by atoms with Crippen molar-refractivity contribution in [1.82, 2.24) is 15.1 Å². The maximum absolute atomic E-state index is 10.7. The molecule has 5 heteroatoms. The standard InChI is InChI=1S/C13H23N3O2/c1-10(2)16-12(4-5-15-16)13(3,17)8-11-9-18-7-6-14-11/h4-5,10-11,14,17H,6-9H2,1-3H3. The summed E-state index contributed by atoms with van der Waals surface area (Å²) < 4.78 is 7.31. The molecule has 0 bridgehead atoms. The molecule has 1 fully saturated rings. The van der Waals surface area contributed by atoms with Gasteiger partial charge < -0.3 is 15.2 Å². The van der Waals surface area contributed by atoms with Gasteiger partial charge >= 0.3 is 0 Å². The zero-order valence-corrected chi connectivity index (χ0v) is 11.4. The molecule has 1 aliphatic rings. The summed E-state index contributed by atoms with van der Waals surface area (Å²) in [5.74, 6) is 0. The fourth-order valence-corrected chi connectivity index (χ4v) is 2.49. The van der Waals surface area contributed by atoms with E-state index in [0.29, 0.717) is 13.0 Å². The fraction of sp³-hybridized carbons (Fsp3) is 0.769. The first-order valence-electron chi connectivity index (χ1n) is 6.58. The van der Waals surface area contributed by atoms with Crippen molar-refractivity contribution in [3.05, 3.63) is 18.0 Å². The topological polar surface area (TPSA) is 59.3 Å². The number of ether oxygens (including phenoxy) is 1. The number of hydrogen-bond acceptors (Lipinski definition) is 4. The number of morpholine rings is 1. The molecule has 1 saturated heterocycles. The molecule has 0 aliphatic carbocycles. The number of nitrogens with one attached hydrogen (secondary N) is 1. The summed E-state index contributed by atoms with van der Waals surface area (Å²) in [6.07, 6.45) is 2.38. The highest BCUT2D eigenvalue weighted by molar-refractivity contribution is 5.12. The summed E-state index contributed by atoms with van der Waals surface area (Å²) in [5.41, 5.74) is -0.0241. The molecule has 2 unspecified atom stereocenters. The molecular weight excluding hydrogens is 230 g/mol. The van der Waals surface area contributed by atoms with Crippen molar-refractivity contribution >= 4 is 0 Å². The minimum atomic E-state index is -0.890. The SMILES string of the molecule is CC(C)n1nccc1C(C)(O)CC1COCCN1. The minimum Gasteiger partial charge on any atom is -0.384 e. The van der Waals surface area contributed by atoms with E-state index in [1.807, 2.05) is 17.7 Å². The van der Waals surface area contributed by atoms with Crippen LogP contribution < -0.4 is 5.32 Å². The summed E-state index contributed by atoms with van der Waals surface area (Å²) in [7, 11) is 0. The first-order chi connectivity index (χ1) is 8.50. The average molecular weight is 253 g/mol. The highest BCUT2D eigenvalue weighted by atomic mass is 16.5. The van der Waals surface area contributed by atoms with Crippen LogP contribution in [0, 0.1) is 0 Å². The normalized spacial score (nSPS) is 24.2. The van der Waals surface area contributed by atoms with Crippen LogP contribution in [0.15, 0.2) is 12.3 Å². The van der Waals surface area contributed by atoms with Gasteiger partial charge in [0.2, 0.25) is 0 Å². The van der Waals surface area contributed by atoms with Gasteiger partial charge in [-0.25, -0.2) is 0 Å². The minimum absolute atomic E-state index is 0.198. The Morgan fingerprint density at radius 1 is 1.67 bits per heavy atom. The van der Waals surface area contributed by atoms with Gasteiger partial charge in [-0.2, -0.15) is 5.10 Å². The quantitative estimate of drug-likeness (QED) is 0.842. The first-order valence-corrected chi connectivity index (χ1v) is 6.58. The molecule has 1 aliphatic heterocycles. The van der Waals surface area contributed by atoms with E-state index in [1.54, 1.807) is 6.20 Å². The fourth-order valence-electron chi connectivity index (χ4n) is 2.49. The van der Waals surface area contributed by atoms with Crippen LogP contribution in [-0.4, -0.2) is 40.7 Å². The van der Waals surface area contributed by atoms with Crippen LogP contribution in [-0.2, 0) is 10.3 Å². The number of nitrogens with zero attached hydrogens (tertiary/aromatic N) is 2. The lowest BCUT2D eigenvalue weighted by Crippen LogP contribution is -2.45. The second-order valence-electron chi connectivity index (χ2n) is 5.46. The van der Waals surface area contributed by atoms with Crippen LogP contribution in [0.1, 0.15) is 38.9 Å². The molecular formula is C13H23N3O2. The maximum Gasteiger partial charge on any atom is 0.105 e. The van der Waals surface area contributed by atoms with E-state index >= 15 is 0 Å². The summed E-state index contributed by atoms with van der Waals surface area (Å²) in [4.78, 5) is 0. The predicted molar refractivity (Wildman–Crippen MR) is 69.4 cm³/mol. The van der Waals surface area contributed by atoms with E-state index in [9.17, 15) is 5.11 Å². The lowest BCUT2D eigenvalue weighted by atomic mass is 9.93. The Morgan fingerprint density at radius 2 is 2.44 bits per heavy atom. The molecule has 102 valence electrons. The number of rotatable bonds is 4. The molecule has 0 spiro atoms. The number of aromatic nitrogens is 2. The molecule has 2 heterocycles. The van der Waals surface area contributed by atoms with Crippen molar-refractivity contribution in [3.8, 4) is 0 Å². The zero-order chi connectivity index (χ0) is 13.2. The Bertz CT molecular complexity index is 381. The molecule has 5 nitrogen and oxygen atoms in total. The van der Waals surface area contributed by atoms with Gasteiger partial charge in [-0.15, -0.1) is 0 Å². The van der Waals surface area contributed by atoms with Gasteiger partial charge in [-0.05, 0) is 33.3 Å². The molecule has 1 aromatic rings. The van der Waals surface area contributed by atoms with E-state index in [1.165, 1.54) is 0 Å². The van der Waals surface area contributed by atoms with E-state index in [-0.39, 0.29) is 12.1 Å². The highest BCUT2D eigenvalue weighted by Gasteiger charge is 2.31. The van der Waals surface area contributed by atoms with Gasteiger partial charge in [0.1, 0.15) is 5.60 Å². The van der Waals surface area contributed by atoms with Crippen molar-refractivity contribution in [3.63, 3.8) is 0 Å². The molecule has 0 saturated carbocycles. The summed E-state index contributed by atoms with van der Waals surface area (Å²) in [6, 6.07) is 2.34. The lowest BCUT2D eigenvalue weighted by molar-refractivity contribution is -0.00302. The molecule has 0 amide bonds. The van der Waals surface area contributed by atoms with Crippen molar-refractivity contribution < 1.29 is 9.84 Å². The lowest BCUT2D eigenvalue weighted by Gasteiger charge is -2.32. The summed E-state index contributed by atoms with van der Waals surface area (Å²) >= 11 is 0. The molecule has 1 aromatic heterocycles. The smallest absolute Gasteiger partial charge is 0.105 e. The maximum atomic E-state index is 10.7. The third kappa shape index (κ3) is 2.91. The van der Waals surface area contributed by atoms with Crippen LogP contribution in [0.5, 0.6) is 0 Å². The van der Waals surface area contributed by atoms with Crippen molar-refractivity contribution in [2.45, 2.75) is 44.9 Å². The Kier molecular flexibility index (Phi) is 4.04. The zero-order valence-electron chi connectivity index (χ0n) is 11.4. The molecule has 0 aromatic carbocycles. The monoisotopic (exact) mass is 253 g/mol. The third-order valence-corrected chi connectivity index (χ3v) is 3.35. The molecule has 2 atom stereocenters. The largest absolute Gasteiger partial charge is 0.384 e. The van der Waals surface area contributed by atoms with E-state index in [4.69, 9.17) is 4.74 Å². The molecule has 18 heavy (non-hydrogen) atoms. The van der Waals surface area contributed by atoms with E-state index in [0.717, 1.165) is 18.8 Å². The number of aliphatic hydroxyl groups is 1. The molecule has 0 radical (unpaired) electrons. The van der Waals surface area contributed by atoms with Gasteiger partial charge in [-0.3, -0.25) is 4.68 Å². The van der Waals surface area contributed by atoms with E-state index in [2.05, 4.69) is 24.3 Å². The first kappa shape index (κ1) is 13.5. The van der Waals surface area contributed by atoms with Gasteiger partial charge in [0.25, 0.3) is 0 Å². The molecule has 2 N–H and O–H groups in total. The van der Waals surface area contributed by atoms with Crippen LogP contribution in [0.25, 0.3) is 0 Å². The van der Waals surface area contributed by atoms with Crippen LogP contribution in [0.4, 0.5) is 0 Å². The van der Waals surface area contributed by atoms with Crippen LogP contribution in [0.2, 0.25) is 0 Å². The van der Waals surface area contributed by atoms with Crippen molar-refractivity contribution in [2.75, 3.05) is 19.8 Å². The Hall–Kier alpha value is -0.910. The van der Waals surface area contributed by atoms with Crippen molar-refractivity contribution in [2.24, 2.45) is 0 Å². The third-order valence-electron chi connectivity index (χ3n) is 3.35. The van der Waals surface area contributed by atoms with Gasteiger partial charge in [0.05, 0.1) is 18.9 Å². The van der Waals surface area contributed by atoms with E-state index < -0.39 is 5.60 Å². The molecule has 2 rings (SSSR count). The van der Waals surface area contributed by atoms with Crippen LogP contribution in [0.3, 0.4) is 0 Å².